The molecule has 0 bridgehead atoms. The van der Waals surface area contributed by atoms with Crippen LogP contribution in [0.3, 0.4) is 0 Å². The van der Waals surface area contributed by atoms with E-state index in [2.05, 4.69) is 71.3 Å². The van der Waals surface area contributed by atoms with Crippen molar-refractivity contribution in [1.29, 1.82) is 0 Å². The summed E-state index contributed by atoms with van der Waals surface area (Å²) in [6.45, 7) is 0. The van der Waals surface area contributed by atoms with Gasteiger partial charge in [-0.1, -0.05) is 145 Å². The zero-order chi connectivity index (χ0) is 43.1. The van der Waals surface area contributed by atoms with Gasteiger partial charge in [0.1, 0.15) is 0 Å². The van der Waals surface area contributed by atoms with E-state index in [0.29, 0.717) is 11.3 Å². The van der Waals surface area contributed by atoms with Crippen LogP contribution in [0.1, 0.15) is 9.60 Å². The maximum atomic E-state index is 9.88. The summed E-state index contributed by atoms with van der Waals surface area (Å²) < 4.78 is 68.6. The van der Waals surface area contributed by atoms with Crippen molar-refractivity contribution < 1.29 is 9.60 Å². The molecule has 0 aliphatic carbocycles. The second-order valence-electron chi connectivity index (χ2n) is 14.0. The Morgan fingerprint density at radius 2 is 0.750 bits per heavy atom. The molecule has 11 rings (SSSR count). The smallest absolute Gasteiger partial charge is 0.0645 e. The molecule has 0 aliphatic heterocycles. The first-order chi connectivity index (χ1) is 30.7. The van der Waals surface area contributed by atoms with E-state index in [0.717, 1.165) is 60.9 Å². The van der Waals surface area contributed by atoms with Crippen molar-refractivity contribution >= 4 is 43.6 Å². The Balaban J connectivity index is 1.16. The van der Waals surface area contributed by atoms with E-state index in [9.17, 15) is 4.11 Å². The van der Waals surface area contributed by atoms with Crippen molar-refractivity contribution in [2.45, 2.75) is 0 Å². The first-order valence-corrected chi connectivity index (χ1v) is 18.7. The minimum atomic E-state index is -0.423. The molecule has 0 aliphatic rings. The number of para-hydroxylation sites is 2. The Morgan fingerprint density at radius 1 is 0.286 bits per heavy atom. The van der Waals surface area contributed by atoms with Gasteiger partial charge in [0.2, 0.25) is 0 Å². The summed E-state index contributed by atoms with van der Waals surface area (Å²) in [6, 6.07) is 57.0. The first kappa shape index (κ1) is 25.6. The lowest BCUT2D eigenvalue weighted by atomic mass is 9.97. The van der Waals surface area contributed by atoms with Gasteiger partial charge in [0.25, 0.3) is 0 Å². The highest BCUT2D eigenvalue weighted by atomic mass is 15.0. The van der Waals surface area contributed by atoms with Gasteiger partial charge in [-0.3, -0.25) is 0 Å². The summed E-state index contributed by atoms with van der Waals surface area (Å²) in [5.41, 5.74) is 10.9. The van der Waals surface area contributed by atoms with Crippen LogP contribution in [0.4, 0.5) is 0 Å². The van der Waals surface area contributed by atoms with Gasteiger partial charge in [-0.2, -0.15) is 0 Å². The lowest BCUT2D eigenvalue weighted by molar-refractivity contribution is 1.18. The van der Waals surface area contributed by atoms with Crippen LogP contribution in [-0.2, 0) is 0 Å². The topological polar surface area (TPSA) is 9.86 Å². The molecule has 0 amide bonds. The van der Waals surface area contributed by atoms with E-state index in [1.54, 1.807) is 4.57 Å². The number of fused-ring (bicyclic) bond motifs is 6. The van der Waals surface area contributed by atoms with Crippen LogP contribution in [0.2, 0.25) is 0 Å². The van der Waals surface area contributed by atoms with Crippen molar-refractivity contribution in [2.75, 3.05) is 0 Å². The van der Waals surface area contributed by atoms with Crippen molar-refractivity contribution in [2.24, 2.45) is 0 Å². The Labute approximate surface area is 335 Å². The fourth-order valence-corrected chi connectivity index (χ4v) is 8.07. The van der Waals surface area contributed by atoms with Gasteiger partial charge < -0.3 is 9.13 Å². The molecule has 11 aromatic rings. The third-order valence-electron chi connectivity index (χ3n) is 10.8. The van der Waals surface area contributed by atoms with Crippen LogP contribution in [-0.4, -0.2) is 9.13 Å². The van der Waals surface area contributed by atoms with E-state index in [-0.39, 0.29) is 57.6 Å². The van der Waals surface area contributed by atoms with Gasteiger partial charge in [0.15, 0.2) is 0 Å². The Hall–Kier alpha value is -7.42. The molecule has 262 valence electrons. The summed E-state index contributed by atoms with van der Waals surface area (Å²) in [7, 11) is 0. The summed E-state index contributed by atoms with van der Waals surface area (Å²) >= 11 is 0. The SMILES string of the molecule is [2H]c1c([2H])c([2H])c2c(c1[2H])c1c([2H])c(-c3ccc4c(c3)c3cc(-c5cccc(-c6ccccc6)c5)ccc3n4-c3ccccc3)c([2H])c([2H])c1n2-c1ccc(-c2ccccc2)cc1. The molecule has 9 aromatic carbocycles. The zero-order valence-corrected chi connectivity index (χ0v) is 30.1. The van der Waals surface area contributed by atoms with Crippen molar-refractivity contribution in [3.63, 3.8) is 0 Å². The second kappa shape index (κ2) is 13.2. The number of benzene rings is 9. The third kappa shape index (κ3) is 5.34. The molecule has 2 aromatic heterocycles. The molecule has 0 unspecified atom stereocenters. The van der Waals surface area contributed by atoms with E-state index in [4.69, 9.17) is 5.48 Å². The number of rotatable bonds is 6. The highest BCUT2D eigenvalue weighted by Gasteiger charge is 2.17. The van der Waals surface area contributed by atoms with E-state index in [1.807, 2.05) is 109 Å². The number of aromatic nitrogens is 2. The minimum absolute atomic E-state index is 0.0785. The summed E-state index contributed by atoms with van der Waals surface area (Å²) in [4.78, 5) is 0. The summed E-state index contributed by atoms with van der Waals surface area (Å²) in [5.74, 6) is 0. The summed E-state index contributed by atoms with van der Waals surface area (Å²) in [6.07, 6.45) is 0. The van der Waals surface area contributed by atoms with Crippen LogP contribution in [0.5, 0.6) is 0 Å². The largest absolute Gasteiger partial charge is 0.309 e. The molecule has 2 nitrogen and oxygen atoms in total. The van der Waals surface area contributed by atoms with Gasteiger partial charge in [-0.25, -0.2) is 0 Å². The van der Waals surface area contributed by atoms with Crippen LogP contribution in [0.25, 0.3) is 99.5 Å². The van der Waals surface area contributed by atoms with Crippen molar-refractivity contribution in [3.05, 3.63) is 218 Å². The van der Waals surface area contributed by atoms with E-state index < -0.39 is 12.1 Å². The van der Waals surface area contributed by atoms with Crippen LogP contribution >= 0.6 is 0 Å². The standard InChI is InChI=1S/C54H36N2/c1-4-13-37(14-5-1)39-23-28-46(29-24-39)56-51-22-11-10-21-47(51)48-34-43(26-30-52(48)56)44-27-32-54-50(36-44)49-35-42(25-31-53(49)55(54)45-19-8-3-9-20-45)41-18-12-17-40(33-41)38-15-6-2-7-16-38/h1-36H/i10D,11D,21D,22D,26D,30D,34D. The Morgan fingerprint density at radius 3 is 1.43 bits per heavy atom. The molecule has 0 spiro atoms. The predicted octanol–water partition coefficient (Wildman–Crippen LogP) is 14.5. The zero-order valence-electron chi connectivity index (χ0n) is 37.1. The van der Waals surface area contributed by atoms with Crippen molar-refractivity contribution in [3.8, 4) is 55.9 Å². The molecule has 0 saturated heterocycles. The molecule has 2 heterocycles. The highest BCUT2D eigenvalue weighted by molar-refractivity contribution is 6.13. The minimum Gasteiger partial charge on any atom is -0.309 e. The fraction of sp³-hybridized carbons (Fsp3) is 0. The second-order valence-corrected chi connectivity index (χ2v) is 14.0. The summed E-state index contributed by atoms with van der Waals surface area (Å²) in [5, 5.41) is 2.23. The van der Waals surface area contributed by atoms with Crippen LogP contribution in [0.15, 0.2) is 218 Å². The molecule has 0 N–H and O–H groups in total. The van der Waals surface area contributed by atoms with E-state index >= 15 is 0 Å². The highest BCUT2D eigenvalue weighted by Crippen LogP contribution is 2.40. The first-order valence-electron chi connectivity index (χ1n) is 22.2. The number of nitrogens with zero attached hydrogens (tertiary/aromatic N) is 2. The normalized spacial score (nSPS) is 13.3. The maximum Gasteiger partial charge on any atom is 0.0645 e. The third-order valence-corrected chi connectivity index (χ3v) is 10.8. The van der Waals surface area contributed by atoms with Gasteiger partial charge in [0, 0.05) is 32.9 Å². The number of hydrogen-bond donors (Lipinski definition) is 0. The Kier molecular flexibility index (Phi) is 6.01. The van der Waals surface area contributed by atoms with Crippen LogP contribution in [0, 0.1) is 0 Å². The van der Waals surface area contributed by atoms with Crippen molar-refractivity contribution in [1.82, 2.24) is 9.13 Å². The fourth-order valence-electron chi connectivity index (χ4n) is 8.07. The predicted molar refractivity (Wildman–Crippen MR) is 237 cm³/mol. The molecule has 56 heavy (non-hydrogen) atoms. The van der Waals surface area contributed by atoms with Gasteiger partial charge in [0.05, 0.1) is 31.7 Å². The quantitative estimate of drug-likeness (QED) is 0.162. The number of hydrogen-bond acceptors (Lipinski definition) is 0. The van der Waals surface area contributed by atoms with E-state index in [1.165, 1.54) is 0 Å². The maximum absolute atomic E-state index is 9.88. The molecule has 2 heteroatoms. The average Bonchev–Trinajstić information content (AvgIpc) is 3.87. The van der Waals surface area contributed by atoms with Gasteiger partial charge >= 0.3 is 0 Å². The average molecular weight is 720 g/mol. The molecule has 0 saturated carbocycles. The van der Waals surface area contributed by atoms with Crippen LogP contribution < -0.4 is 0 Å². The van der Waals surface area contributed by atoms with Gasteiger partial charge in [-0.05, 0) is 117 Å². The molecule has 0 atom stereocenters. The monoisotopic (exact) mass is 719 g/mol. The lowest BCUT2D eigenvalue weighted by Gasteiger charge is -2.10. The van der Waals surface area contributed by atoms with Gasteiger partial charge in [-0.15, -0.1) is 0 Å². The molecule has 0 radical (unpaired) electrons. The molecular formula is C54H36N2. The lowest BCUT2D eigenvalue weighted by Crippen LogP contribution is -1.94. The molecular weight excluding hydrogens is 677 g/mol. The Bertz CT molecular complexity index is 3620. The molecule has 0 fully saturated rings.